The van der Waals surface area contributed by atoms with Gasteiger partial charge in [0.25, 0.3) is 0 Å². The molecule has 0 saturated carbocycles. The highest BCUT2D eigenvalue weighted by Gasteiger charge is 2.59. The van der Waals surface area contributed by atoms with Gasteiger partial charge in [-0.3, -0.25) is 0 Å². The van der Waals surface area contributed by atoms with Crippen molar-refractivity contribution >= 4 is 5.97 Å². The average molecular weight is 869 g/mol. The van der Waals surface area contributed by atoms with Crippen LogP contribution in [-0.2, 0) is 52.2 Å². The Bertz CT molecular complexity index is 1440. The summed E-state index contributed by atoms with van der Waals surface area (Å²) in [5.74, 6) is -1.52. The van der Waals surface area contributed by atoms with Gasteiger partial charge in [-0.05, 0) is 58.3 Å². The lowest BCUT2D eigenvalue weighted by atomic mass is 9.78. The fourth-order valence-electron chi connectivity index (χ4n) is 9.77. The van der Waals surface area contributed by atoms with Crippen molar-refractivity contribution in [3.05, 3.63) is 36.0 Å². The van der Waals surface area contributed by atoms with Crippen LogP contribution in [0.3, 0.4) is 0 Å². The molecule has 61 heavy (non-hydrogen) atoms. The van der Waals surface area contributed by atoms with E-state index in [0.717, 1.165) is 31.3 Å². The monoisotopic (exact) mass is 869 g/mol. The molecule has 15 nitrogen and oxygen atoms in total. The first-order chi connectivity index (χ1) is 29.1. The third-order valence-corrected chi connectivity index (χ3v) is 13.8. The third-order valence-electron chi connectivity index (χ3n) is 13.8. The van der Waals surface area contributed by atoms with Crippen LogP contribution >= 0.6 is 0 Å². The molecule has 2 bridgehead atoms. The molecule has 5 heterocycles. The second-order valence-corrected chi connectivity index (χ2v) is 18.2. The Labute approximate surface area is 363 Å². The molecule has 0 aromatic heterocycles. The summed E-state index contributed by atoms with van der Waals surface area (Å²) in [6.07, 6.45) is 5.65. The van der Waals surface area contributed by atoms with Gasteiger partial charge >= 0.3 is 5.97 Å². The first-order valence-corrected chi connectivity index (χ1v) is 22.4. The number of cyclic esters (lactones) is 1. The number of esters is 1. The first-order valence-electron chi connectivity index (χ1n) is 22.4. The molecule has 0 aromatic carbocycles. The number of allylic oxidation sites excluding steroid dienone is 2. The van der Waals surface area contributed by atoms with Crippen LogP contribution < -0.4 is 0 Å². The molecule has 15 unspecified atom stereocenters. The number of ether oxygens (including phenoxy) is 10. The highest BCUT2D eigenvalue weighted by atomic mass is 16.7. The molecule has 350 valence electrons. The number of hydrogen-bond acceptors (Lipinski definition) is 15. The molecule has 3 saturated heterocycles. The van der Waals surface area contributed by atoms with Gasteiger partial charge in [0.2, 0.25) is 0 Å². The Balaban J connectivity index is 1.40. The van der Waals surface area contributed by atoms with Crippen LogP contribution in [0.1, 0.15) is 92.4 Å². The number of epoxide rings is 1. The van der Waals surface area contributed by atoms with Crippen LogP contribution in [0.4, 0.5) is 0 Å². The summed E-state index contributed by atoms with van der Waals surface area (Å²) in [6.45, 7) is 10.1. The van der Waals surface area contributed by atoms with Gasteiger partial charge in [-0.2, -0.15) is 0 Å². The molecule has 4 N–H and O–H groups in total. The quantitative estimate of drug-likeness (QED) is 0.125. The maximum absolute atomic E-state index is 13.7. The third kappa shape index (κ3) is 13.4. The van der Waals surface area contributed by atoms with Gasteiger partial charge in [0, 0.05) is 65.6 Å². The summed E-state index contributed by atoms with van der Waals surface area (Å²) >= 11 is 0. The van der Waals surface area contributed by atoms with Crippen LogP contribution in [0.5, 0.6) is 0 Å². The molecule has 0 aromatic rings. The molecule has 0 radical (unpaired) electrons. The van der Waals surface area contributed by atoms with Gasteiger partial charge in [0.15, 0.2) is 6.29 Å². The van der Waals surface area contributed by atoms with E-state index < -0.39 is 72.6 Å². The van der Waals surface area contributed by atoms with Gasteiger partial charge < -0.3 is 67.8 Å². The van der Waals surface area contributed by atoms with Gasteiger partial charge in [0.1, 0.15) is 30.0 Å². The lowest BCUT2D eigenvalue weighted by Gasteiger charge is -2.39. The number of fused-ring (bicyclic) bond motifs is 2. The van der Waals surface area contributed by atoms with E-state index in [0.29, 0.717) is 38.7 Å². The number of aliphatic hydroxyl groups is 4. The molecule has 0 aliphatic carbocycles. The lowest BCUT2D eigenvalue weighted by Crippen LogP contribution is -2.54. The van der Waals surface area contributed by atoms with Crippen LogP contribution in [0, 0.1) is 17.8 Å². The smallest absolute Gasteiger partial charge is 0.331 e. The molecule has 0 amide bonds. The molecule has 15 heteroatoms. The van der Waals surface area contributed by atoms with Crippen molar-refractivity contribution < 1.29 is 72.6 Å². The topological polar surface area (TPSA) is 194 Å². The number of methoxy groups -OCH3 is 4. The van der Waals surface area contributed by atoms with Crippen molar-refractivity contribution in [3.63, 3.8) is 0 Å². The Hall–Kier alpha value is -1.83. The van der Waals surface area contributed by atoms with Crippen molar-refractivity contribution in [1.29, 1.82) is 0 Å². The van der Waals surface area contributed by atoms with Crippen LogP contribution in [0.15, 0.2) is 36.0 Å². The van der Waals surface area contributed by atoms with E-state index in [1.807, 2.05) is 39.8 Å². The second kappa shape index (κ2) is 23.4. The molecule has 5 aliphatic heterocycles. The van der Waals surface area contributed by atoms with E-state index >= 15 is 0 Å². The summed E-state index contributed by atoms with van der Waals surface area (Å²) in [5, 5.41) is 43.0. The minimum Gasteiger partial charge on any atom is -0.458 e. The minimum absolute atomic E-state index is 0.0388. The van der Waals surface area contributed by atoms with Gasteiger partial charge in [0.05, 0.1) is 74.3 Å². The summed E-state index contributed by atoms with van der Waals surface area (Å²) in [4.78, 5) is 13.7. The standard InChI is InChI=1S/C46H76O15/c1-26-13-16-34(60-45-43(51)42(50)36(47)24-56-45)20-31-11-10-12-32(59-31)22-38(54-8)46(25-57-46)39(55-9)23-37(53-7)29(4)44(61-40(48)18-14-26)30(5)41(49)27(2)15-17-33-21-35(52-6)19-28(3)58-33/h10-11,13-14,18,27-39,41-45,47,49-51H,12,15-17,19-25H2,1-9H3/b18-14+,26-13-/t27?,28?,29?,30?,31?,32?,33?,34?,35?,36-,37?,38?,39?,41?,42+,43-,44?,45-,46?/m1/s1. The van der Waals surface area contributed by atoms with Crippen molar-refractivity contribution in [2.75, 3.05) is 41.7 Å². The van der Waals surface area contributed by atoms with E-state index in [9.17, 15) is 25.2 Å². The van der Waals surface area contributed by atoms with Crippen molar-refractivity contribution in [2.45, 2.75) is 190 Å². The second-order valence-electron chi connectivity index (χ2n) is 18.2. The van der Waals surface area contributed by atoms with Crippen LogP contribution in [0.25, 0.3) is 0 Å². The van der Waals surface area contributed by atoms with Crippen LogP contribution in [-0.4, -0.2) is 165 Å². The zero-order valence-corrected chi connectivity index (χ0v) is 37.8. The lowest BCUT2D eigenvalue weighted by molar-refractivity contribution is -0.284. The maximum Gasteiger partial charge on any atom is 0.331 e. The summed E-state index contributed by atoms with van der Waals surface area (Å²) in [6, 6.07) is 0. The summed E-state index contributed by atoms with van der Waals surface area (Å²) < 4.78 is 61.4. The fourth-order valence-corrected chi connectivity index (χ4v) is 9.77. The van der Waals surface area contributed by atoms with Gasteiger partial charge in [-0.1, -0.05) is 50.6 Å². The predicted octanol–water partition coefficient (Wildman–Crippen LogP) is 3.96. The SMILES string of the molecule is COC1CC(C)OC(CCC(C)C(O)C(C)C2OC(=O)/C=C/C(C)=C\CC(O[C@H]3OC[C@@H](O)[C@H](O)[C@H]3O)CC3C=CCC(CC(OC)C4(CO4)C(OC)CC(OC)C2C)O3)C1. The number of rotatable bonds is 12. The zero-order valence-electron chi connectivity index (χ0n) is 37.8. The van der Waals surface area contributed by atoms with E-state index in [1.54, 1.807) is 34.5 Å². The molecular formula is C46H76O15. The number of carbonyl (C=O) groups is 1. The van der Waals surface area contributed by atoms with Crippen molar-refractivity contribution in [1.82, 2.24) is 0 Å². The van der Waals surface area contributed by atoms with E-state index in [-0.39, 0.29) is 55.1 Å². The average Bonchev–Trinajstić information content (AvgIpc) is 4.06. The molecule has 5 rings (SSSR count). The summed E-state index contributed by atoms with van der Waals surface area (Å²) in [7, 11) is 6.69. The molecule has 3 fully saturated rings. The first kappa shape index (κ1) is 50.2. The Morgan fingerprint density at radius 1 is 0.869 bits per heavy atom. The number of carbonyl (C=O) groups excluding carboxylic acids is 1. The van der Waals surface area contributed by atoms with Crippen molar-refractivity contribution in [3.8, 4) is 0 Å². The maximum atomic E-state index is 13.7. The Morgan fingerprint density at radius 2 is 1.59 bits per heavy atom. The summed E-state index contributed by atoms with van der Waals surface area (Å²) in [5.41, 5.74) is -0.0147. The van der Waals surface area contributed by atoms with Crippen molar-refractivity contribution in [2.24, 2.45) is 17.8 Å². The largest absolute Gasteiger partial charge is 0.458 e. The highest BCUT2D eigenvalue weighted by molar-refractivity contribution is 5.82. The molecule has 5 aliphatic rings. The fraction of sp³-hybridized carbons (Fsp3) is 0.848. The van der Waals surface area contributed by atoms with Gasteiger partial charge in [-0.25, -0.2) is 4.79 Å². The Morgan fingerprint density at radius 3 is 2.26 bits per heavy atom. The number of hydrogen-bond donors (Lipinski definition) is 4. The zero-order chi connectivity index (χ0) is 44.4. The van der Waals surface area contributed by atoms with E-state index in [1.165, 1.54) is 6.08 Å². The minimum atomic E-state index is -1.46. The highest BCUT2D eigenvalue weighted by Crippen LogP contribution is 2.44. The molecule has 1 spiro atoms. The van der Waals surface area contributed by atoms with Crippen LogP contribution in [0.2, 0.25) is 0 Å². The van der Waals surface area contributed by atoms with E-state index in [2.05, 4.69) is 13.0 Å². The molecule has 19 atom stereocenters. The Kier molecular flexibility index (Phi) is 19.2. The van der Waals surface area contributed by atoms with Gasteiger partial charge in [-0.15, -0.1) is 0 Å². The molecular weight excluding hydrogens is 792 g/mol. The normalized spacial score (nSPS) is 43.7. The number of aliphatic hydroxyl groups excluding tert-OH is 4. The predicted molar refractivity (Wildman–Crippen MR) is 224 cm³/mol. The van der Waals surface area contributed by atoms with E-state index in [4.69, 9.17) is 47.4 Å².